The highest BCUT2D eigenvalue weighted by Crippen LogP contribution is 2.20. The molecule has 0 amide bonds. The quantitative estimate of drug-likeness (QED) is 0.765. The molecule has 0 heterocycles. The maximum absolute atomic E-state index is 13.0. The van der Waals surface area contributed by atoms with Crippen molar-refractivity contribution in [2.24, 2.45) is 0 Å². The first-order chi connectivity index (χ1) is 10.9. The molecule has 124 valence electrons. The molecule has 1 atom stereocenters. The van der Waals surface area contributed by atoms with E-state index in [1.165, 1.54) is 30.3 Å². The topological polar surface area (TPSA) is 41.5 Å². The molecule has 0 aliphatic rings. The molecular weight excluding hydrogens is 314 g/mol. The Labute approximate surface area is 130 Å². The van der Waals surface area contributed by atoms with Crippen LogP contribution in [0.3, 0.4) is 0 Å². The Kier molecular flexibility index (Phi) is 5.95. The molecular formula is C16H15F4NO2. The van der Waals surface area contributed by atoms with Gasteiger partial charge in [-0.25, -0.2) is 8.78 Å². The Bertz CT molecular complexity index is 631. The van der Waals surface area contributed by atoms with E-state index in [0.29, 0.717) is 11.1 Å². The van der Waals surface area contributed by atoms with Crippen molar-refractivity contribution in [3.8, 4) is 5.75 Å². The van der Waals surface area contributed by atoms with E-state index in [0.717, 1.165) is 6.07 Å². The average molecular weight is 329 g/mol. The van der Waals surface area contributed by atoms with E-state index >= 15 is 0 Å². The van der Waals surface area contributed by atoms with Crippen LogP contribution in [-0.4, -0.2) is 18.3 Å². The zero-order valence-electron chi connectivity index (χ0n) is 12.0. The molecule has 0 fully saturated rings. The summed E-state index contributed by atoms with van der Waals surface area (Å²) in [6.07, 6.45) is -0.977. The van der Waals surface area contributed by atoms with Crippen molar-refractivity contribution in [2.75, 3.05) is 6.54 Å². The number of aliphatic hydroxyl groups is 1. The van der Waals surface area contributed by atoms with Crippen molar-refractivity contribution in [3.05, 3.63) is 65.2 Å². The Morgan fingerprint density at radius 2 is 1.74 bits per heavy atom. The van der Waals surface area contributed by atoms with Crippen LogP contribution in [-0.2, 0) is 6.54 Å². The van der Waals surface area contributed by atoms with Gasteiger partial charge < -0.3 is 15.2 Å². The third-order valence-corrected chi connectivity index (χ3v) is 3.06. The summed E-state index contributed by atoms with van der Waals surface area (Å²) in [5.74, 6) is -1.41. The summed E-state index contributed by atoms with van der Waals surface area (Å²) in [5.41, 5.74) is 0.783. The monoisotopic (exact) mass is 329 g/mol. The molecule has 0 aromatic heterocycles. The van der Waals surface area contributed by atoms with Crippen molar-refractivity contribution < 1.29 is 27.4 Å². The van der Waals surface area contributed by atoms with Crippen molar-refractivity contribution in [2.45, 2.75) is 19.3 Å². The molecule has 1 unspecified atom stereocenters. The maximum Gasteiger partial charge on any atom is 0.387 e. The molecule has 2 aromatic carbocycles. The summed E-state index contributed by atoms with van der Waals surface area (Å²) >= 11 is 0. The van der Waals surface area contributed by atoms with Crippen molar-refractivity contribution in [3.63, 3.8) is 0 Å². The second-order valence-electron chi connectivity index (χ2n) is 4.88. The number of alkyl halides is 2. The fourth-order valence-corrected chi connectivity index (χ4v) is 2.08. The first-order valence-electron chi connectivity index (χ1n) is 6.82. The first-order valence-corrected chi connectivity index (χ1v) is 6.82. The average Bonchev–Trinajstić information content (AvgIpc) is 2.45. The highest BCUT2D eigenvalue weighted by molar-refractivity contribution is 5.30. The van der Waals surface area contributed by atoms with Crippen LogP contribution in [0.4, 0.5) is 17.6 Å². The minimum Gasteiger partial charge on any atom is -0.435 e. The second-order valence-corrected chi connectivity index (χ2v) is 4.88. The van der Waals surface area contributed by atoms with E-state index < -0.39 is 24.3 Å². The molecule has 2 N–H and O–H groups in total. The number of hydrogen-bond acceptors (Lipinski definition) is 3. The van der Waals surface area contributed by atoms with Gasteiger partial charge in [0.2, 0.25) is 0 Å². The Morgan fingerprint density at radius 3 is 2.39 bits per heavy atom. The molecule has 2 aromatic rings. The molecule has 0 saturated heterocycles. The number of nitrogens with one attached hydrogen (secondary N) is 1. The third kappa shape index (κ3) is 5.54. The standard InChI is InChI=1S/C16H15F4NO2/c17-12-4-10(5-13(18)7-12)8-21-9-15(22)11-2-1-3-14(6-11)23-16(19)20/h1-7,15-16,21-22H,8-9H2. The Balaban J connectivity index is 1.90. The number of benzene rings is 2. The van der Waals surface area contributed by atoms with Crippen LogP contribution in [0, 0.1) is 11.6 Å². The molecule has 0 saturated carbocycles. The molecule has 0 bridgehead atoms. The largest absolute Gasteiger partial charge is 0.435 e. The fraction of sp³-hybridized carbons (Fsp3) is 0.250. The summed E-state index contributed by atoms with van der Waals surface area (Å²) in [7, 11) is 0. The van der Waals surface area contributed by atoms with Crippen molar-refractivity contribution in [1.82, 2.24) is 5.32 Å². The van der Waals surface area contributed by atoms with Gasteiger partial charge in [-0.15, -0.1) is 0 Å². The lowest BCUT2D eigenvalue weighted by molar-refractivity contribution is -0.0499. The molecule has 0 spiro atoms. The van der Waals surface area contributed by atoms with E-state index in [4.69, 9.17) is 0 Å². The summed E-state index contributed by atoms with van der Waals surface area (Å²) in [5, 5.41) is 12.9. The van der Waals surface area contributed by atoms with Crippen LogP contribution in [0.1, 0.15) is 17.2 Å². The normalized spacial score (nSPS) is 12.4. The van der Waals surface area contributed by atoms with E-state index in [-0.39, 0.29) is 18.8 Å². The van der Waals surface area contributed by atoms with Gasteiger partial charge in [-0.3, -0.25) is 0 Å². The molecule has 0 radical (unpaired) electrons. The lowest BCUT2D eigenvalue weighted by Crippen LogP contribution is -2.21. The third-order valence-electron chi connectivity index (χ3n) is 3.06. The highest BCUT2D eigenvalue weighted by atomic mass is 19.3. The predicted octanol–water partition coefficient (Wildman–Crippen LogP) is 3.39. The Morgan fingerprint density at radius 1 is 1.04 bits per heavy atom. The molecule has 3 nitrogen and oxygen atoms in total. The van der Waals surface area contributed by atoms with Crippen LogP contribution >= 0.6 is 0 Å². The van der Waals surface area contributed by atoms with Crippen LogP contribution < -0.4 is 10.1 Å². The SMILES string of the molecule is OC(CNCc1cc(F)cc(F)c1)c1cccc(OC(F)F)c1. The van der Waals surface area contributed by atoms with Crippen LogP contribution in [0.15, 0.2) is 42.5 Å². The summed E-state index contributed by atoms with van der Waals surface area (Å²) < 4.78 is 54.6. The minimum atomic E-state index is -2.94. The molecule has 0 aliphatic carbocycles. The number of hydrogen-bond donors (Lipinski definition) is 2. The summed E-state index contributed by atoms with van der Waals surface area (Å²) in [6.45, 7) is -2.71. The molecule has 7 heteroatoms. The number of aliphatic hydroxyl groups excluding tert-OH is 1. The summed E-state index contributed by atoms with van der Waals surface area (Å²) in [6, 6.07) is 8.84. The van der Waals surface area contributed by atoms with Gasteiger partial charge in [0.15, 0.2) is 0 Å². The first kappa shape index (κ1) is 17.2. The van der Waals surface area contributed by atoms with Crippen LogP contribution in [0.25, 0.3) is 0 Å². The minimum absolute atomic E-state index is 0.0521. The van der Waals surface area contributed by atoms with E-state index in [9.17, 15) is 22.7 Å². The van der Waals surface area contributed by atoms with Crippen LogP contribution in [0.2, 0.25) is 0 Å². The lowest BCUT2D eigenvalue weighted by atomic mass is 10.1. The van der Waals surface area contributed by atoms with Gasteiger partial charge in [0.05, 0.1) is 6.10 Å². The zero-order valence-corrected chi connectivity index (χ0v) is 12.0. The predicted molar refractivity (Wildman–Crippen MR) is 76.1 cm³/mol. The summed E-state index contributed by atoms with van der Waals surface area (Å²) in [4.78, 5) is 0. The van der Waals surface area contributed by atoms with Crippen molar-refractivity contribution >= 4 is 0 Å². The Hall–Kier alpha value is -2.12. The number of rotatable bonds is 7. The van der Waals surface area contributed by atoms with Gasteiger partial charge in [0.25, 0.3) is 0 Å². The number of halogens is 4. The van der Waals surface area contributed by atoms with E-state index in [1.807, 2.05) is 0 Å². The zero-order chi connectivity index (χ0) is 16.8. The highest BCUT2D eigenvalue weighted by Gasteiger charge is 2.10. The van der Waals surface area contributed by atoms with Gasteiger partial charge in [0, 0.05) is 19.2 Å². The molecule has 0 aliphatic heterocycles. The number of ether oxygens (including phenoxy) is 1. The van der Waals surface area contributed by atoms with Crippen LogP contribution in [0.5, 0.6) is 5.75 Å². The van der Waals surface area contributed by atoms with E-state index in [2.05, 4.69) is 10.1 Å². The maximum atomic E-state index is 13.0. The van der Waals surface area contributed by atoms with Crippen molar-refractivity contribution in [1.29, 1.82) is 0 Å². The molecule has 23 heavy (non-hydrogen) atoms. The second kappa shape index (κ2) is 7.94. The van der Waals surface area contributed by atoms with Gasteiger partial charge >= 0.3 is 6.61 Å². The fourth-order valence-electron chi connectivity index (χ4n) is 2.08. The van der Waals surface area contributed by atoms with Gasteiger partial charge in [-0.05, 0) is 35.4 Å². The van der Waals surface area contributed by atoms with E-state index in [1.54, 1.807) is 6.07 Å². The van der Waals surface area contributed by atoms with Gasteiger partial charge in [-0.2, -0.15) is 8.78 Å². The lowest BCUT2D eigenvalue weighted by Gasteiger charge is -2.14. The van der Waals surface area contributed by atoms with Gasteiger partial charge in [0.1, 0.15) is 17.4 Å². The molecule has 2 rings (SSSR count). The van der Waals surface area contributed by atoms with Gasteiger partial charge in [-0.1, -0.05) is 12.1 Å². The smallest absolute Gasteiger partial charge is 0.387 e.